The standard InChI is InChI=1S/C11H5BrI3NO2/c12-9-2-1-8(18-9)11(17)16-10-6(14)3-5(13)4-7(10)15/h1-4H,(H,16,17). The number of hydrogen-bond acceptors (Lipinski definition) is 2. The third kappa shape index (κ3) is 3.60. The van der Waals surface area contributed by atoms with Gasteiger partial charge in [0.1, 0.15) is 0 Å². The van der Waals surface area contributed by atoms with Gasteiger partial charge in [-0.1, -0.05) is 0 Å². The summed E-state index contributed by atoms with van der Waals surface area (Å²) >= 11 is 9.83. The van der Waals surface area contributed by atoms with E-state index in [1.165, 1.54) is 0 Å². The van der Waals surface area contributed by atoms with Crippen LogP contribution in [0, 0.1) is 10.7 Å². The molecule has 0 aliphatic heterocycles. The zero-order valence-corrected chi connectivity index (χ0v) is 16.7. The zero-order chi connectivity index (χ0) is 13.3. The number of benzene rings is 1. The van der Waals surface area contributed by atoms with Gasteiger partial charge in [-0.25, -0.2) is 0 Å². The molecule has 0 saturated heterocycles. The van der Waals surface area contributed by atoms with Gasteiger partial charge in [-0.2, -0.15) is 0 Å². The molecular weight excluding hydrogens is 639 g/mol. The van der Waals surface area contributed by atoms with Crippen molar-refractivity contribution >= 4 is 95.3 Å². The number of halogens is 4. The van der Waals surface area contributed by atoms with Crippen molar-refractivity contribution in [2.45, 2.75) is 0 Å². The van der Waals surface area contributed by atoms with Crippen LogP contribution in [0.15, 0.2) is 33.4 Å². The summed E-state index contributed by atoms with van der Waals surface area (Å²) in [5.74, 6) is 0.0322. The van der Waals surface area contributed by atoms with Crippen molar-refractivity contribution in [2.24, 2.45) is 0 Å². The van der Waals surface area contributed by atoms with Crippen LogP contribution in [0.5, 0.6) is 0 Å². The molecule has 2 rings (SSSR count). The maximum Gasteiger partial charge on any atom is 0.291 e. The quantitative estimate of drug-likeness (QED) is 0.463. The average molecular weight is 644 g/mol. The molecule has 1 heterocycles. The Morgan fingerprint density at radius 1 is 1.17 bits per heavy atom. The van der Waals surface area contributed by atoms with Crippen molar-refractivity contribution in [2.75, 3.05) is 5.32 Å². The van der Waals surface area contributed by atoms with Crippen molar-refractivity contribution in [1.29, 1.82) is 0 Å². The van der Waals surface area contributed by atoms with Gasteiger partial charge < -0.3 is 9.73 Å². The summed E-state index contributed by atoms with van der Waals surface area (Å²) in [6, 6.07) is 7.35. The predicted molar refractivity (Wildman–Crippen MR) is 99.0 cm³/mol. The highest BCUT2D eigenvalue weighted by molar-refractivity contribution is 14.1. The molecule has 0 spiro atoms. The first kappa shape index (κ1) is 15.0. The minimum atomic E-state index is -0.252. The first-order valence-electron chi connectivity index (χ1n) is 4.68. The number of amides is 1. The summed E-state index contributed by atoms with van der Waals surface area (Å²) in [4.78, 5) is 12.0. The molecule has 1 aromatic carbocycles. The largest absolute Gasteiger partial charge is 0.444 e. The number of rotatable bonds is 2. The lowest BCUT2D eigenvalue weighted by atomic mass is 10.3. The fourth-order valence-electron chi connectivity index (χ4n) is 1.27. The van der Waals surface area contributed by atoms with E-state index in [4.69, 9.17) is 4.42 Å². The molecule has 0 unspecified atom stereocenters. The Bertz CT molecular complexity index is 589. The third-order valence-electron chi connectivity index (χ3n) is 2.04. The second-order valence-electron chi connectivity index (χ2n) is 3.30. The van der Waals surface area contributed by atoms with Crippen LogP contribution in [0.4, 0.5) is 5.69 Å². The Morgan fingerprint density at radius 3 is 2.28 bits per heavy atom. The Hall–Kier alpha value is 0.640. The Balaban J connectivity index is 2.27. The number of hydrogen-bond donors (Lipinski definition) is 1. The predicted octanol–water partition coefficient (Wildman–Crippen LogP) is 5.11. The molecule has 0 fully saturated rings. The van der Waals surface area contributed by atoms with Crippen molar-refractivity contribution in [3.8, 4) is 0 Å². The van der Waals surface area contributed by atoms with Crippen LogP contribution in [-0.4, -0.2) is 5.91 Å². The Morgan fingerprint density at radius 2 is 1.78 bits per heavy atom. The summed E-state index contributed by atoms with van der Waals surface area (Å²) in [6.45, 7) is 0. The molecule has 0 saturated carbocycles. The Labute approximate surface area is 153 Å². The average Bonchev–Trinajstić information content (AvgIpc) is 2.70. The summed E-state index contributed by atoms with van der Waals surface area (Å²) in [7, 11) is 0. The highest BCUT2D eigenvalue weighted by Gasteiger charge is 2.14. The summed E-state index contributed by atoms with van der Waals surface area (Å²) < 4.78 is 8.90. The van der Waals surface area contributed by atoms with E-state index in [1.54, 1.807) is 12.1 Å². The molecule has 1 aromatic heterocycles. The first-order valence-corrected chi connectivity index (χ1v) is 8.71. The lowest BCUT2D eigenvalue weighted by Gasteiger charge is -2.09. The fourth-order valence-corrected chi connectivity index (χ4v) is 5.43. The maximum atomic E-state index is 12.0. The summed E-state index contributed by atoms with van der Waals surface area (Å²) in [5.41, 5.74) is 0.814. The van der Waals surface area contributed by atoms with E-state index >= 15 is 0 Å². The molecule has 2 aromatic rings. The van der Waals surface area contributed by atoms with Crippen molar-refractivity contribution < 1.29 is 9.21 Å². The van der Waals surface area contributed by atoms with E-state index in [0.29, 0.717) is 4.67 Å². The molecule has 3 nitrogen and oxygen atoms in total. The van der Waals surface area contributed by atoms with Crippen LogP contribution in [-0.2, 0) is 0 Å². The Kier molecular flexibility index (Phi) is 5.34. The number of carbonyl (C=O) groups is 1. The second kappa shape index (κ2) is 6.39. The summed E-state index contributed by atoms with van der Waals surface area (Å²) in [6.07, 6.45) is 0. The molecule has 0 atom stereocenters. The van der Waals surface area contributed by atoms with Gasteiger partial charge in [-0.05, 0) is 108 Å². The smallest absolute Gasteiger partial charge is 0.291 e. The van der Waals surface area contributed by atoms with E-state index in [9.17, 15) is 4.79 Å². The van der Waals surface area contributed by atoms with Crippen LogP contribution in [0.2, 0.25) is 0 Å². The number of nitrogens with one attached hydrogen (secondary N) is 1. The molecule has 7 heteroatoms. The molecular formula is C11H5BrI3NO2. The topological polar surface area (TPSA) is 42.2 Å². The third-order valence-corrected chi connectivity index (χ3v) is 4.79. The fraction of sp³-hybridized carbons (Fsp3) is 0. The monoisotopic (exact) mass is 643 g/mol. The van der Waals surface area contributed by atoms with Gasteiger partial charge in [0.05, 0.1) is 5.69 Å². The SMILES string of the molecule is O=C(Nc1c(I)cc(I)cc1I)c1ccc(Br)o1. The lowest BCUT2D eigenvalue weighted by molar-refractivity contribution is 0.0995. The molecule has 0 radical (unpaired) electrons. The first-order chi connectivity index (χ1) is 8.47. The number of anilines is 1. The molecule has 18 heavy (non-hydrogen) atoms. The van der Waals surface area contributed by atoms with Gasteiger partial charge in [0.15, 0.2) is 10.4 Å². The van der Waals surface area contributed by atoms with E-state index < -0.39 is 0 Å². The molecule has 1 amide bonds. The highest BCUT2D eigenvalue weighted by Crippen LogP contribution is 2.28. The van der Waals surface area contributed by atoms with Gasteiger partial charge in [0.25, 0.3) is 5.91 Å². The van der Waals surface area contributed by atoms with Crippen molar-refractivity contribution in [3.63, 3.8) is 0 Å². The minimum absolute atomic E-state index is 0.252. The van der Waals surface area contributed by atoms with Crippen LogP contribution < -0.4 is 5.32 Å². The summed E-state index contributed by atoms with van der Waals surface area (Å²) in [5, 5.41) is 2.86. The molecule has 0 bridgehead atoms. The maximum absolute atomic E-state index is 12.0. The molecule has 0 aliphatic carbocycles. The van der Waals surface area contributed by atoms with Gasteiger partial charge in [0, 0.05) is 10.7 Å². The molecule has 94 valence electrons. The zero-order valence-electron chi connectivity index (χ0n) is 8.64. The molecule has 1 N–H and O–H groups in total. The van der Waals surface area contributed by atoms with Gasteiger partial charge in [0.2, 0.25) is 0 Å². The van der Waals surface area contributed by atoms with Crippen LogP contribution in [0.25, 0.3) is 0 Å². The van der Waals surface area contributed by atoms with Crippen LogP contribution in [0.3, 0.4) is 0 Å². The second-order valence-corrected chi connectivity index (χ2v) is 7.65. The highest BCUT2D eigenvalue weighted by atomic mass is 127. The van der Waals surface area contributed by atoms with E-state index in [2.05, 4.69) is 89.0 Å². The lowest BCUT2D eigenvalue weighted by Crippen LogP contribution is -2.13. The minimum Gasteiger partial charge on any atom is -0.444 e. The van der Waals surface area contributed by atoms with E-state index in [1.807, 2.05) is 12.1 Å². The van der Waals surface area contributed by atoms with Crippen molar-refractivity contribution in [3.05, 3.63) is 45.4 Å². The van der Waals surface area contributed by atoms with Gasteiger partial charge in [-0.15, -0.1) is 0 Å². The van der Waals surface area contributed by atoms with Crippen LogP contribution in [0.1, 0.15) is 10.6 Å². The van der Waals surface area contributed by atoms with E-state index in [-0.39, 0.29) is 11.7 Å². The normalized spacial score (nSPS) is 10.4. The van der Waals surface area contributed by atoms with Gasteiger partial charge in [-0.3, -0.25) is 4.79 Å². The van der Waals surface area contributed by atoms with Gasteiger partial charge >= 0.3 is 0 Å². The van der Waals surface area contributed by atoms with E-state index in [0.717, 1.165) is 16.4 Å². The number of carbonyl (C=O) groups excluding carboxylic acids is 1. The molecule has 0 aliphatic rings. The van der Waals surface area contributed by atoms with Crippen LogP contribution >= 0.6 is 83.7 Å². The number of furan rings is 1. The van der Waals surface area contributed by atoms with Crippen molar-refractivity contribution in [1.82, 2.24) is 0 Å².